The van der Waals surface area contributed by atoms with E-state index in [1.54, 1.807) is 24.5 Å². The molecule has 3 aromatic rings. The number of hydrogen-bond donors (Lipinski definition) is 2. The predicted molar refractivity (Wildman–Crippen MR) is 102 cm³/mol. The van der Waals surface area contributed by atoms with E-state index in [-0.39, 0.29) is 24.6 Å². The summed E-state index contributed by atoms with van der Waals surface area (Å²) < 4.78 is 39.3. The van der Waals surface area contributed by atoms with E-state index >= 15 is 0 Å². The van der Waals surface area contributed by atoms with Crippen molar-refractivity contribution in [3.05, 3.63) is 36.8 Å². The molecular formula is C20H19F2N5O3. The Kier molecular flexibility index (Phi) is 4.48. The molecule has 2 N–H and O–H groups in total. The zero-order valence-electron chi connectivity index (χ0n) is 16.0. The number of nitrogens with zero attached hydrogens (tertiary/aromatic N) is 4. The molecule has 0 aliphatic carbocycles. The molecule has 156 valence electrons. The van der Waals surface area contributed by atoms with Gasteiger partial charge >= 0.3 is 6.01 Å². The summed E-state index contributed by atoms with van der Waals surface area (Å²) in [6.07, 6.45) is 3.37. The molecule has 2 aliphatic rings. The molecule has 5 rings (SSSR count). The van der Waals surface area contributed by atoms with Crippen LogP contribution in [0.1, 0.15) is 12.8 Å². The molecule has 0 saturated carbocycles. The quantitative estimate of drug-likeness (QED) is 0.670. The van der Waals surface area contributed by atoms with E-state index in [1.807, 2.05) is 6.07 Å². The molecule has 0 radical (unpaired) electrons. The lowest BCUT2D eigenvalue weighted by Crippen LogP contribution is -2.55. The van der Waals surface area contributed by atoms with Crippen molar-refractivity contribution >= 4 is 10.8 Å². The molecule has 2 aromatic heterocycles. The van der Waals surface area contributed by atoms with E-state index < -0.39 is 30.2 Å². The van der Waals surface area contributed by atoms with Crippen LogP contribution in [0.3, 0.4) is 0 Å². The fraction of sp³-hybridized carbons (Fsp3) is 0.400. The number of hydrogen-bond acceptors (Lipinski definition) is 8. The van der Waals surface area contributed by atoms with E-state index in [0.717, 1.165) is 10.8 Å². The maximum atomic E-state index is 14.1. The van der Waals surface area contributed by atoms with Crippen molar-refractivity contribution in [3.63, 3.8) is 0 Å². The molecule has 2 saturated heterocycles. The Morgan fingerprint density at radius 1 is 1.20 bits per heavy atom. The normalized spacial score (nSPS) is 27.3. The Labute approximate surface area is 170 Å². The minimum atomic E-state index is -2.80. The van der Waals surface area contributed by atoms with Crippen molar-refractivity contribution in [3.8, 4) is 23.0 Å². The highest BCUT2D eigenvalue weighted by atomic mass is 19.3. The summed E-state index contributed by atoms with van der Waals surface area (Å²) >= 11 is 0. The molecule has 0 spiro atoms. The molecule has 8 nitrogen and oxygen atoms in total. The van der Waals surface area contributed by atoms with Gasteiger partial charge in [-0.3, -0.25) is 4.98 Å². The van der Waals surface area contributed by atoms with Gasteiger partial charge in [-0.1, -0.05) is 5.10 Å². The molecule has 1 aromatic carbocycles. The van der Waals surface area contributed by atoms with Crippen molar-refractivity contribution in [2.45, 2.75) is 43.1 Å². The highest BCUT2D eigenvalue weighted by molar-refractivity contribution is 5.89. The highest BCUT2D eigenvalue weighted by Gasteiger charge is 2.57. The van der Waals surface area contributed by atoms with E-state index in [4.69, 9.17) is 9.47 Å². The molecule has 4 atom stereocenters. The standard InChI is InChI=1S/C20H19F2N5O3/c1-29-18-13-7-20(21,22)17(25-13)6-16(18)30-19-24-9-14(26-27-19)12-4-10-2-3-23-8-11(10)5-15(12)28/h2-5,8-9,13,16-18,25,28H,6-7H2,1H3/t13?,16-,17+,18-/m0/s1. The van der Waals surface area contributed by atoms with E-state index in [1.165, 1.54) is 13.3 Å². The molecular weight excluding hydrogens is 396 g/mol. The summed E-state index contributed by atoms with van der Waals surface area (Å²) in [7, 11) is 1.47. The number of pyridine rings is 1. The maximum absolute atomic E-state index is 14.1. The van der Waals surface area contributed by atoms with Crippen LogP contribution >= 0.6 is 0 Å². The summed E-state index contributed by atoms with van der Waals surface area (Å²) in [5.41, 5.74) is 0.827. The minimum absolute atomic E-state index is 0.0249. The van der Waals surface area contributed by atoms with E-state index in [2.05, 4.69) is 25.5 Å². The third kappa shape index (κ3) is 3.21. The van der Waals surface area contributed by atoms with Gasteiger partial charge in [0, 0.05) is 49.3 Å². The van der Waals surface area contributed by atoms with Gasteiger partial charge in [-0.25, -0.2) is 13.8 Å². The summed E-state index contributed by atoms with van der Waals surface area (Å²) in [6, 6.07) is 3.70. The summed E-state index contributed by atoms with van der Waals surface area (Å²) in [5.74, 6) is -2.78. The number of piperidine rings is 1. The van der Waals surface area contributed by atoms with Gasteiger partial charge in [-0.2, -0.15) is 0 Å². The van der Waals surface area contributed by atoms with Gasteiger partial charge < -0.3 is 19.9 Å². The summed E-state index contributed by atoms with van der Waals surface area (Å²) in [6.45, 7) is 0. The lowest BCUT2D eigenvalue weighted by atomic mass is 9.99. The largest absolute Gasteiger partial charge is 0.507 e. The van der Waals surface area contributed by atoms with E-state index in [9.17, 15) is 13.9 Å². The van der Waals surface area contributed by atoms with Gasteiger partial charge in [0.25, 0.3) is 5.92 Å². The first-order chi connectivity index (χ1) is 14.4. The van der Waals surface area contributed by atoms with Crippen LogP contribution in [0.4, 0.5) is 8.78 Å². The second kappa shape index (κ2) is 7.06. The molecule has 4 heterocycles. The Morgan fingerprint density at radius 2 is 2.07 bits per heavy atom. The molecule has 2 bridgehead atoms. The average molecular weight is 415 g/mol. The number of fused-ring (bicyclic) bond motifs is 3. The minimum Gasteiger partial charge on any atom is -0.507 e. The first-order valence-corrected chi connectivity index (χ1v) is 9.55. The molecule has 0 amide bonds. The Morgan fingerprint density at radius 3 is 2.83 bits per heavy atom. The topological polar surface area (TPSA) is 102 Å². The van der Waals surface area contributed by atoms with Crippen molar-refractivity contribution in [1.82, 2.24) is 25.5 Å². The number of methoxy groups -OCH3 is 1. The number of phenolic OH excluding ortho intramolecular Hbond substituents is 1. The maximum Gasteiger partial charge on any atom is 0.336 e. The van der Waals surface area contributed by atoms with Crippen LogP contribution in [0.25, 0.3) is 22.0 Å². The number of aromatic nitrogens is 4. The van der Waals surface area contributed by atoms with Crippen LogP contribution in [-0.2, 0) is 4.74 Å². The van der Waals surface area contributed by atoms with Crippen molar-refractivity contribution < 1.29 is 23.4 Å². The predicted octanol–water partition coefficient (Wildman–Crippen LogP) is 2.32. The summed E-state index contributed by atoms with van der Waals surface area (Å²) in [5, 5.41) is 23.0. The zero-order valence-corrected chi connectivity index (χ0v) is 16.0. The highest BCUT2D eigenvalue weighted by Crippen LogP contribution is 2.41. The van der Waals surface area contributed by atoms with Gasteiger partial charge in [0.1, 0.15) is 23.7 Å². The Hall–Kier alpha value is -2.98. The lowest BCUT2D eigenvalue weighted by Gasteiger charge is -2.35. The fourth-order valence-electron chi connectivity index (χ4n) is 4.29. The molecule has 2 fully saturated rings. The van der Waals surface area contributed by atoms with Gasteiger partial charge in [0.05, 0.1) is 12.2 Å². The average Bonchev–Trinajstić information content (AvgIpc) is 2.97. The van der Waals surface area contributed by atoms with Gasteiger partial charge in [-0.05, 0) is 23.6 Å². The number of nitrogens with one attached hydrogen (secondary N) is 1. The lowest BCUT2D eigenvalue weighted by molar-refractivity contribution is -0.0506. The third-order valence-corrected chi connectivity index (χ3v) is 5.75. The van der Waals surface area contributed by atoms with Crippen molar-refractivity contribution in [2.24, 2.45) is 0 Å². The Bertz CT molecular complexity index is 1080. The SMILES string of the molecule is CO[C@H]1C2CC(F)(F)[C@@H](C[C@@H]1Oc1ncc(-c3cc4ccncc4cc3O)nn1)N2. The fourth-order valence-corrected chi connectivity index (χ4v) is 4.29. The Balaban J connectivity index is 1.37. The van der Waals surface area contributed by atoms with Crippen molar-refractivity contribution in [2.75, 3.05) is 7.11 Å². The van der Waals surface area contributed by atoms with Crippen molar-refractivity contribution in [1.29, 1.82) is 0 Å². The van der Waals surface area contributed by atoms with Crippen LogP contribution in [0.5, 0.6) is 11.8 Å². The molecule has 1 unspecified atom stereocenters. The number of aromatic hydroxyl groups is 1. The number of rotatable bonds is 4. The van der Waals surface area contributed by atoms with Crippen LogP contribution < -0.4 is 10.1 Å². The van der Waals surface area contributed by atoms with Crippen LogP contribution in [0, 0.1) is 0 Å². The second-order valence-corrected chi connectivity index (χ2v) is 7.60. The second-order valence-electron chi connectivity index (χ2n) is 7.60. The zero-order chi connectivity index (χ0) is 20.9. The third-order valence-electron chi connectivity index (χ3n) is 5.75. The van der Waals surface area contributed by atoms with Gasteiger partial charge in [0.15, 0.2) is 0 Å². The first kappa shape index (κ1) is 19.0. The number of phenols is 1. The van der Waals surface area contributed by atoms with Crippen LogP contribution in [0.15, 0.2) is 36.8 Å². The molecule has 30 heavy (non-hydrogen) atoms. The smallest absolute Gasteiger partial charge is 0.336 e. The molecule has 2 aliphatic heterocycles. The first-order valence-electron chi connectivity index (χ1n) is 9.55. The van der Waals surface area contributed by atoms with Crippen LogP contribution in [-0.4, -0.2) is 62.6 Å². The van der Waals surface area contributed by atoms with E-state index in [0.29, 0.717) is 11.3 Å². The summed E-state index contributed by atoms with van der Waals surface area (Å²) in [4.78, 5) is 8.19. The number of alkyl halides is 2. The van der Waals surface area contributed by atoms with Gasteiger partial charge in [-0.15, -0.1) is 5.10 Å². The number of benzene rings is 1. The monoisotopic (exact) mass is 415 g/mol. The number of halogens is 2. The van der Waals surface area contributed by atoms with Gasteiger partial charge in [0.2, 0.25) is 0 Å². The molecule has 10 heteroatoms. The number of ether oxygens (including phenoxy) is 2. The van der Waals surface area contributed by atoms with Crippen LogP contribution in [0.2, 0.25) is 0 Å².